The average Bonchev–Trinajstić information content (AvgIpc) is 3.02. The third-order valence-corrected chi connectivity index (χ3v) is 5.28. The van der Waals surface area contributed by atoms with E-state index in [-0.39, 0.29) is 31.8 Å². The van der Waals surface area contributed by atoms with Gasteiger partial charge in [0.1, 0.15) is 5.82 Å². The van der Waals surface area contributed by atoms with Crippen LogP contribution in [0.5, 0.6) is 0 Å². The van der Waals surface area contributed by atoms with Gasteiger partial charge in [-0.3, -0.25) is 4.79 Å². The number of rotatable bonds is 5. The lowest BCUT2D eigenvalue weighted by Crippen LogP contribution is -2.34. The standard InChI is InChI=1S/C17H19F3N4OS/c1-2-26-13-6-4-3-5-12(13)16(25)21-9-15-23-22-14-8-7-11(10-24(14)15)17(18,19)20/h3-6,11H,2,7-10H2,1H3,(H,21,25). The van der Waals surface area contributed by atoms with Gasteiger partial charge in [0.25, 0.3) is 5.91 Å². The van der Waals surface area contributed by atoms with Crippen LogP contribution in [0.25, 0.3) is 0 Å². The summed E-state index contributed by atoms with van der Waals surface area (Å²) in [4.78, 5) is 13.3. The first kappa shape index (κ1) is 18.8. The Morgan fingerprint density at radius 2 is 2.12 bits per heavy atom. The summed E-state index contributed by atoms with van der Waals surface area (Å²) in [7, 11) is 0. The fraction of sp³-hybridized carbons (Fsp3) is 0.471. The zero-order chi connectivity index (χ0) is 18.7. The van der Waals surface area contributed by atoms with E-state index in [0.29, 0.717) is 17.2 Å². The van der Waals surface area contributed by atoms with Crippen LogP contribution in [0, 0.1) is 5.92 Å². The fourth-order valence-corrected chi connectivity index (χ4v) is 3.77. The number of carbonyl (C=O) groups is 1. The number of carbonyl (C=O) groups excluding carboxylic acids is 1. The second kappa shape index (κ2) is 7.69. The number of thioether (sulfide) groups is 1. The topological polar surface area (TPSA) is 59.8 Å². The molecule has 1 unspecified atom stereocenters. The Hall–Kier alpha value is -2.03. The minimum absolute atomic E-state index is 0.0234. The van der Waals surface area contributed by atoms with Crippen molar-refractivity contribution in [1.82, 2.24) is 20.1 Å². The van der Waals surface area contributed by atoms with Gasteiger partial charge >= 0.3 is 6.18 Å². The Bertz CT molecular complexity index is 791. The predicted molar refractivity (Wildman–Crippen MR) is 91.9 cm³/mol. The Labute approximate surface area is 153 Å². The van der Waals surface area contributed by atoms with Gasteiger partial charge in [-0.25, -0.2) is 0 Å². The number of nitrogens with one attached hydrogen (secondary N) is 1. The van der Waals surface area contributed by atoms with Crippen LogP contribution in [0.15, 0.2) is 29.2 Å². The van der Waals surface area contributed by atoms with E-state index >= 15 is 0 Å². The maximum absolute atomic E-state index is 13.0. The first-order chi connectivity index (χ1) is 12.4. The highest BCUT2D eigenvalue weighted by molar-refractivity contribution is 7.99. The van der Waals surface area contributed by atoms with Crippen molar-refractivity contribution in [2.75, 3.05) is 5.75 Å². The number of benzene rings is 1. The number of aromatic nitrogens is 3. The van der Waals surface area contributed by atoms with Crippen LogP contribution in [-0.4, -0.2) is 32.6 Å². The molecule has 1 amide bonds. The Kier molecular flexibility index (Phi) is 5.55. The van der Waals surface area contributed by atoms with E-state index in [9.17, 15) is 18.0 Å². The van der Waals surface area contributed by atoms with Gasteiger partial charge in [-0.1, -0.05) is 19.1 Å². The molecule has 26 heavy (non-hydrogen) atoms. The van der Waals surface area contributed by atoms with E-state index in [1.165, 1.54) is 4.57 Å². The largest absolute Gasteiger partial charge is 0.393 e. The highest BCUT2D eigenvalue weighted by Crippen LogP contribution is 2.34. The Balaban J connectivity index is 1.70. The molecule has 1 aromatic carbocycles. The maximum Gasteiger partial charge on any atom is 0.393 e. The summed E-state index contributed by atoms with van der Waals surface area (Å²) in [6, 6.07) is 7.24. The first-order valence-corrected chi connectivity index (χ1v) is 9.36. The number of amides is 1. The van der Waals surface area contributed by atoms with Gasteiger partial charge in [-0.05, 0) is 24.3 Å². The molecule has 1 atom stereocenters. The molecule has 140 valence electrons. The summed E-state index contributed by atoms with van der Waals surface area (Å²) in [5.41, 5.74) is 0.547. The van der Waals surface area contributed by atoms with E-state index < -0.39 is 12.1 Å². The zero-order valence-corrected chi connectivity index (χ0v) is 15.0. The van der Waals surface area contributed by atoms with Crippen molar-refractivity contribution in [2.45, 2.75) is 43.9 Å². The van der Waals surface area contributed by atoms with Gasteiger partial charge in [0.2, 0.25) is 0 Å². The molecule has 0 saturated carbocycles. The number of alkyl halides is 3. The normalized spacial score (nSPS) is 17.0. The third-order valence-electron chi connectivity index (χ3n) is 4.32. The molecule has 0 aliphatic carbocycles. The molecule has 1 N–H and O–H groups in total. The van der Waals surface area contributed by atoms with Crippen LogP contribution in [0.3, 0.4) is 0 Å². The van der Waals surface area contributed by atoms with Gasteiger partial charge in [-0.15, -0.1) is 22.0 Å². The van der Waals surface area contributed by atoms with Gasteiger partial charge in [0, 0.05) is 17.9 Å². The number of hydrogen-bond acceptors (Lipinski definition) is 4. The number of fused-ring (bicyclic) bond motifs is 1. The van der Waals surface area contributed by atoms with Gasteiger partial charge < -0.3 is 9.88 Å². The summed E-state index contributed by atoms with van der Waals surface area (Å²) in [6.07, 6.45) is -3.98. The van der Waals surface area contributed by atoms with Crippen molar-refractivity contribution in [3.8, 4) is 0 Å². The first-order valence-electron chi connectivity index (χ1n) is 8.37. The Morgan fingerprint density at radius 3 is 2.85 bits per heavy atom. The molecule has 2 aromatic rings. The molecular weight excluding hydrogens is 365 g/mol. The molecular formula is C17H19F3N4OS. The van der Waals surface area contributed by atoms with Crippen molar-refractivity contribution in [2.24, 2.45) is 5.92 Å². The molecule has 1 aliphatic rings. The molecule has 0 spiro atoms. The monoisotopic (exact) mass is 384 g/mol. The molecule has 1 aliphatic heterocycles. The highest BCUT2D eigenvalue weighted by Gasteiger charge is 2.42. The third kappa shape index (κ3) is 4.03. The van der Waals surface area contributed by atoms with Crippen molar-refractivity contribution >= 4 is 17.7 Å². The van der Waals surface area contributed by atoms with Gasteiger partial charge in [0.15, 0.2) is 5.82 Å². The molecule has 1 aromatic heterocycles. The molecule has 0 bridgehead atoms. The van der Waals surface area contributed by atoms with Gasteiger partial charge in [-0.2, -0.15) is 13.2 Å². The molecule has 0 fully saturated rings. The van der Waals surface area contributed by atoms with Crippen LogP contribution in [0.4, 0.5) is 13.2 Å². The van der Waals surface area contributed by atoms with Crippen molar-refractivity contribution in [3.63, 3.8) is 0 Å². The van der Waals surface area contributed by atoms with Crippen molar-refractivity contribution in [3.05, 3.63) is 41.5 Å². The lowest BCUT2D eigenvalue weighted by Gasteiger charge is -2.26. The molecule has 0 saturated heterocycles. The second-order valence-electron chi connectivity index (χ2n) is 6.03. The number of halogens is 3. The fourth-order valence-electron chi connectivity index (χ4n) is 2.97. The molecule has 0 radical (unpaired) electrons. The summed E-state index contributed by atoms with van der Waals surface area (Å²) in [5, 5.41) is 10.7. The second-order valence-corrected chi connectivity index (χ2v) is 7.34. The lowest BCUT2D eigenvalue weighted by molar-refractivity contribution is -0.182. The maximum atomic E-state index is 13.0. The average molecular weight is 384 g/mol. The predicted octanol–water partition coefficient (Wildman–Crippen LogP) is 3.44. The summed E-state index contributed by atoms with van der Waals surface area (Å²) < 4.78 is 40.5. The summed E-state index contributed by atoms with van der Waals surface area (Å²) >= 11 is 1.56. The SMILES string of the molecule is CCSc1ccccc1C(=O)NCc1nnc2n1CC(C(F)(F)F)CC2. The van der Waals surface area contributed by atoms with Crippen molar-refractivity contribution in [1.29, 1.82) is 0 Å². The van der Waals surface area contributed by atoms with E-state index in [2.05, 4.69) is 15.5 Å². The minimum Gasteiger partial charge on any atom is -0.345 e. The summed E-state index contributed by atoms with van der Waals surface area (Å²) in [5.74, 6) is 0.0460. The quantitative estimate of drug-likeness (QED) is 0.803. The summed E-state index contributed by atoms with van der Waals surface area (Å²) in [6.45, 7) is 1.85. The van der Waals surface area contributed by atoms with Gasteiger partial charge in [0.05, 0.1) is 18.0 Å². The molecule has 3 rings (SSSR count). The highest BCUT2D eigenvalue weighted by atomic mass is 32.2. The van der Waals surface area contributed by atoms with E-state index in [4.69, 9.17) is 0 Å². The number of nitrogens with zero attached hydrogens (tertiary/aromatic N) is 3. The van der Waals surface area contributed by atoms with Crippen LogP contribution >= 0.6 is 11.8 Å². The number of hydrogen-bond donors (Lipinski definition) is 1. The molecule has 9 heteroatoms. The van der Waals surface area contributed by atoms with Crippen LogP contribution in [0.2, 0.25) is 0 Å². The lowest BCUT2D eigenvalue weighted by atomic mass is 9.99. The Morgan fingerprint density at radius 1 is 1.35 bits per heavy atom. The zero-order valence-electron chi connectivity index (χ0n) is 14.2. The van der Waals surface area contributed by atoms with Crippen LogP contribution in [-0.2, 0) is 19.5 Å². The smallest absolute Gasteiger partial charge is 0.345 e. The van der Waals surface area contributed by atoms with Crippen LogP contribution < -0.4 is 5.32 Å². The molecule has 2 heterocycles. The van der Waals surface area contributed by atoms with Crippen LogP contribution in [0.1, 0.15) is 35.4 Å². The van der Waals surface area contributed by atoms with E-state index in [0.717, 1.165) is 10.6 Å². The molecule has 5 nitrogen and oxygen atoms in total. The van der Waals surface area contributed by atoms with E-state index in [1.807, 2.05) is 19.1 Å². The van der Waals surface area contributed by atoms with E-state index in [1.54, 1.807) is 23.9 Å². The number of aryl methyl sites for hydroxylation is 1. The minimum atomic E-state index is -4.24. The van der Waals surface area contributed by atoms with Crippen molar-refractivity contribution < 1.29 is 18.0 Å².